The molecule has 1 saturated heterocycles. The monoisotopic (exact) mass is 214 g/mol. The maximum Gasteiger partial charge on any atom is 0.303 e. The molecule has 0 amide bonds. The molecule has 1 N–H and O–H groups in total. The molecule has 4 nitrogen and oxygen atoms in total. The highest BCUT2D eigenvalue weighted by molar-refractivity contribution is 5.66. The maximum atomic E-state index is 10.4. The number of carboxylic acids is 1. The van der Waals surface area contributed by atoms with Crippen molar-refractivity contribution in [3.05, 3.63) is 0 Å². The smallest absolute Gasteiger partial charge is 0.303 e. The molecule has 0 bridgehead atoms. The zero-order chi connectivity index (χ0) is 11.3. The zero-order valence-corrected chi connectivity index (χ0v) is 9.78. The molecule has 0 aromatic heterocycles. The molecule has 1 heterocycles. The summed E-state index contributed by atoms with van der Waals surface area (Å²) in [5, 5.41) is 8.53. The van der Waals surface area contributed by atoms with Crippen molar-refractivity contribution < 1.29 is 9.90 Å². The van der Waals surface area contributed by atoms with Gasteiger partial charge in [0.15, 0.2) is 0 Å². The van der Waals surface area contributed by atoms with Crippen LogP contribution in [0, 0.1) is 0 Å². The lowest BCUT2D eigenvalue weighted by molar-refractivity contribution is -0.137. The molecule has 0 unspecified atom stereocenters. The van der Waals surface area contributed by atoms with Crippen LogP contribution < -0.4 is 0 Å². The van der Waals surface area contributed by atoms with Crippen LogP contribution in [0.5, 0.6) is 0 Å². The van der Waals surface area contributed by atoms with Gasteiger partial charge in [0.25, 0.3) is 0 Å². The third-order valence-corrected chi connectivity index (χ3v) is 3.15. The molecule has 1 rings (SSSR count). The fourth-order valence-corrected chi connectivity index (χ4v) is 2.11. The highest BCUT2D eigenvalue weighted by Crippen LogP contribution is 2.14. The Morgan fingerprint density at radius 3 is 2.47 bits per heavy atom. The van der Waals surface area contributed by atoms with E-state index in [1.54, 1.807) is 0 Å². The van der Waals surface area contributed by atoms with E-state index < -0.39 is 5.97 Å². The van der Waals surface area contributed by atoms with E-state index in [0.717, 1.165) is 26.1 Å². The molecule has 1 aliphatic rings. The largest absolute Gasteiger partial charge is 0.481 e. The highest BCUT2D eigenvalue weighted by Gasteiger charge is 2.19. The van der Waals surface area contributed by atoms with E-state index in [1.165, 1.54) is 12.8 Å². The van der Waals surface area contributed by atoms with Crippen LogP contribution in [-0.4, -0.2) is 60.6 Å². The summed E-state index contributed by atoms with van der Waals surface area (Å²) in [6.07, 6.45) is 3.50. The van der Waals surface area contributed by atoms with Gasteiger partial charge in [-0.25, -0.2) is 0 Å². The molecule has 0 radical (unpaired) electrons. The van der Waals surface area contributed by atoms with Gasteiger partial charge >= 0.3 is 5.97 Å². The Kier molecular flexibility index (Phi) is 5.05. The average Bonchev–Trinajstić information content (AvgIpc) is 2.18. The van der Waals surface area contributed by atoms with E-state index in [0.29, 0.717) is 12.5 Å². The minimum absolute atomic E-state index is 0.299. The molecular weight excluding hydrogens is 192 g/mol. The van der Waals surface area contributed by atoms with Gasteiger partial charge in [0.1, 0.15) is 0 Å². The Balaban J connectivity index is 2.12. The van der Waals surface area contributed by atoms with Crippen LogP contribution in [0.4, 0.5) is 0 Å². The molecule has 0 aliphatic carbocycles. The van der Waals surface area contributed by atoms with Gasteiger partial charge in [-0.1, -0.05) is 0 Å². The van der Waals surface area contributed by atoms with Crippen LogP contribution in [-0.2, 0) is 4.79 Å². The Hall–Kier alpha value is -0.610. The first-order valence-corrected chi connectivity index (χ1v) is 5.70. The molecule has 15 heavy (non-hydrogen) atoms. The van der Waals surface area contributed by atoms with Crippen LogP contribution in [0.2, 0.25) is 0 Å². The van der Waals surface area contributed by atoms with E-state index in [2.05, 4.69) is 23.9 Å². The molecule has 0 atom stereocenters. The van der Waals surface area contributed by atoms with Crippen molar-refractivity contribution in [1.29, 1.82) is 0 Å². The van der Waals surface area contributed by atoms with Crippen molar-refractivity contribution in [2.24, 2.45) is 0 Å². The second kappa shape index (κ2) is 6.08. The van der Waals surface area contributed by atoms with Crippen LogP contribution in [0.25, 0.3) is 0 Å². The van der Waals surface area contributed by atoms with Gasteiger partial charge in [-0.05, 0) is 53.0 Å². The molecule has 4 heteroatoms. The predicted molar refractivity (Wildman–Crippen MR) is 60.0 cm³/mol. The van der Waals surface area contributed by atoms with Gasteiger partial charge in [-0.15, -0.1) is 0 Å². The quantitative estimate of drug-likeness (QED) is 0.738. The number of carbonyl (C=O) groups is 1. The Bertz CT molecular complexity index is 199. The molecule has 0 aromatic carbocycles. The molecule has 0 saturated carbocycles. The van der Waals surface area contributed by atoms with E-state index in [-0.39, 0.29) is 0 Å². The Morgan fingerprint density at radius 2 is 2.00 bits per heavy atom. The number of hydrogen-bond donors (Lipinski definition) is 1. The van der Waals surface area contributed by atoms with Gasteiger partial charge in [-0.2, -0.15) is 0 Å². The molecule has 88 valence electrons. The van der Waals surface area contributed by atoms with Crippen molar-refractivity contribution in [1.82, 2.24) is 9.80 Å². The summed E-state index contributed by atoms with van der Waals surface area (Å²) in [6.45, 7) is 3.16. The van der Waals surface area contributed by atoms with Crippen molar-refractivity contribution in [3.8, 4) is 0 Å². The van der Waals surface area contributed by atoms with Crippen LogP contribution in [0.1, 0.15) is 25.7 Å². The molecule has 0 aromatic rings. The summed E-state index contributed by atoms with van der Waals surface area (Å²) in [4.78, 5) is 15.0. The van der Waals surface area contributed by atoms with Gasteiger partial charge in [-0.3, -0.25) is 4.79 Å². The lowest BCUT2D eigenvalue weighted by atomic mass is 10.0. The lowest BCUT2D eigenvalue weighted by Crippen LogP contribution is -2.42. The summed E-state index contributed by atoms with van der Waals surface area (Å²) < 4.78 is 0. The SMILES string of the molecule is CN(C)C1CCN(CCCC(=O)O)CC1. The van der Waals surface area contributed by atoms with Crippen molar-refractivity contribution in [3.63, 3.8) is 0 Å². The van der Waals surface area contributed by atoms with Gasteiger partial charge in [0.2, 0.25) is 0 Å². The van der Waals surface area contributed by atoms with E-state index in [1.807, 2.05) is 0 Å². The summed E-state index contributed by atoms with van der Waals surface area (Å²) in [6, 6.07) is 0.709. The number of piperidine rings is 1. The van der Waals surface area contributed by atoms with Crippen LogP contribution in [0.15, 0.2) is 0 Å². The second-order valence-electron chi connectivity index (χ2n) is 4.53. The number of rotatable bonds is 5. The third kappa shape index (κ3) is 4.62. The lowest BCUT2D eigenvalue weighted by Gasteiger charge is -2.35. The average molecular weight is 214 g/mol. The molecule has 0 spiro atoms. The number of aliphatic carboxylic acids is 1. The zero-order valence-electron chi connectivity index (χ0n) is 9.78. The standard InChI is InChI=1S/C11H22N2O2/c1-12(2)10-5-8-13(9-6-10)7-3-4-11(14)15/h10H,3-9H2,1-2H3,(H,14,15). The Labute approximate surface area is 91.9 Å². The first-order chi connectivity index (χ1) is 7.09. The third-order valence-electron chi connectivity index (χ3n) is 3.15. The van der Waals surface area contributed by atoms with Gasteiger partial charge in [0.05, 0.1) is 0 Å². The Morgan fingerprint density at radius 1 is 1.40 bits per heavy atom. The van der Waals surface area contributed by atoms with Gasteiger partial charge in [0, 0.05) is 12.5 Å². The minimum atomic E-state index is -0.682. The number of hydrogen-bond acceptors (Lipinski definition) is 3. The van der Waals surface area contributed by atoms with Crippen LogP contribution in [0.3, 0.4) is 0 Å². The van der Waals surface area contributed by atoms with E-state index >= 15 is 0 Å². The fourth-order valence-electron chi connectivity index (χ4n) is 2.11. The number of carboxylic acid groups (broad SMARTS) is 1. The minimum Gasteiger partial charge on any atom is -0.481 e. The van der Waals surface area contributed by atoms with Crippen LogP contribution >= 0.6 is 0 Å². The van der Waals surface area contributed by atoms with Crippen molar-refractivity contribution in [2.75, 3.05) is 33.7 Å². The molecule has 1 aliphatic heterocycles. The number of likely N-dealkylation sites (tertiary alicyclic amines) is 1. The first kappa shape index (κ1) is 12.5. The second-order valence-corrected chi connectivity index (χ2v) is 4.53. The van der Waals surface area contributed by atoms with Gasteiger partial charge < -0.3 is 14.9 Å². The topological polar surface area (TPSA) is 43.8 Å². The molecular formula is C11H22N2O2. The summed E-state index contributed by atoms with van der Waals surface area (Å²) >= 11 is 0. The normalized spacial score (nSPS) is 19.7. The maximum absolute atomic E-state index is 10.4. The summed E-state index contributed by atoms with van der Waals surface area (Å²) in [7, 11) is 4.26. The molecule has 1 fully saturated rings. The summed E-state index contributed by atoms with van der Waals surface area (Å²) in [5.41, 5.74) is 0. The van der Waals surface area contributed by atoms with E-state index in [9.17, 15) is 4.79 Å². The van der Waals surface area contributed by atoms with E-state index in [4.69, 9.17) is 5.11 Å². The number of nitrogens with zero attached hydrogens (tertiary/aromatic N) is 2. The highest BCUT2D eigenvalue weighted by atomic mass is 16.4. The summed E-state index contributed by atoms with van der Waals surface area (Å²) in [5.74, 6) is -0.682. The predicted octanol–water partition coefficient (Wildman–Crippen LogP) is 0.877. The fraction of sp³-hybridized carbons (Fsp3) is 0.909. The van der Waals surface area contributed by atoms with Crippen molar-refractivity contribution in [2.45, 2.75) is 31.7 Å². The first-order valence-electron chi connectivity index (χ1n) is 5.70. The van der Waals surface area contributed by atoms with Crippen molar-refractivity contribution >= 4 is 5.97 Å².